The van der Waals surface area contributed by atoms with E-state index in [2.05, 4.69) is 40.1 Å². The molecule has 0 saturated carbocycles. The molecule has 0 spiro atoms. The molecule has 0 aliphatic rings. The van der Waals surface area contributed by atoms with Crippen molar-refractivity contribution >= 4 is 5.91 Å². The van der Waals surface area contributed by atoms with Crippen LogP contribution in [0.4, 0.5) is 0 Å². The molecule has 0 bridgehead atoms. The molecule has 0 aromatic carbocycles. The highest BCUT2D eigenvalue weighted by Gasteiger charge is 2.22. The first-order valence-electron chi connectivity index (χ1n) is 12.8. The number of carbonyl (C=O) groups is 1. The molecular weight excluding hydrogens is 372 g/mol. The molecule has 0 aliphatic heterocycles. The number of carbonyl (C=O) groups excluding carboxylic acids is 1. The van der Waals surface area contributed by atoms with Crippen molar-refractivity contribution < 1.29 is 14.4 Å². The molecule has 0 aromatic heterocycles. The van der Waals surface area contributed by atoms with Crippen molar-refractivity contribution in [3.63, 3.8) is 0 Å². The SMILES string of the molecule is CCCCCCCC/C=C\CCCCCCCC(N)=O.CCC[N+](C)(C)C(O)CC. The highest BCUT2D eigenvalue weighted by molar-refractivity contribution is 5.73. The van der Waals surface area contributed by atoms with Crippen LogP contribution in [0.15, 0.2) is 12.2 Å². The van der Waals surface area contributed by atoms with E-state index in [4.69, 9.17) is 5.73 Å². The molecule has 4 nitrogen and oxygen atoms in total. The van der Waals surface area contributed by atoms with E-state index in [0.717, 1.165) is 36.7 Å². The van der Waals surface area contributed by atoms with Crippen LogP contribution in [0.2, 0.25) is 0 Å². The summed E-state index contributed by atoms with van der Waals surface area (Å²) in [5.41, 5.74) is 5.10. The molecule has 0 rings (SSSR count). The van der Waals surface area contributed by atoms with Crippen LogP contribution in [0.3, 0.4) is 0 Å². The minimum Gasteiger partial charge on any atom is -0.370 e. The number of aliphatic hydroxyl groups excluding tert-OH is 1. The average Bonchev–Trinajstić information content (AvgIpc) is 2.70. The van der Waals surface area contributed by atoms with Crippen molar-refractivity contribution in [2.45, 2.75) is 130 Å². The first kappa shape index (κ1) is 31.3. The van der Waals surface area contributed by atoms with Gasteiger partial charge in [0.2, 0.25) is 5.91 Å². The normalized spacial score (nSPS) is 12.6. The summed E-state index contributed by atoms with van der Waals surface area (Å²) in [6, 6.07) is 0. The minimum atomic E-state index is -0.194. The van der Waals surface area contributed by atoms with Gasteiger partial charge in [0.25, 0.3) is 0 Å². The van der Waals surface area contributed by atoms with Gasteiger partial charge in [-0.1, -0.05) is 84.3 Å². The Hall–Kier alpha value is -0.870. The third-order valence-corrected chi connectivity index (χ3v) is 5.66. The summed E-state index contributed by atoms with van der Waals surface area (Å²) < 4.78 is 0.729. The van der Waals surface area contributed by atoms with Crippen LogP contribution < -0.4 is 5.73 Å². The first-order chi connectivity index (χ1) is 14.3. The second-order valence-corrected chi connectivity index (χ2v) is 9.19. The van der Waals surface area contributed by atoms with E-state index in [1.165, 1.54) is 70.6 Å². The van der Waals surface area contributed by atoms with Crippen molar-refractivity contribution in [2.75, 3.05) is 20.6 Å². The van der Waals surface area contributed by atoms with Crippen molar-refractivity contribution in [2.24, 2.45) is 5.73 Å². The number of nitrogens with zero attached hydrogens (tertiary/aromatic N) is 1. The summed E-state index contributed by atoms with van der Waals surface area (Å²) in [4.78, 5) is 10.5. The molecule has 0 aromatic rings. The predicted octanol–water partition coefficient (Wildman–Crippen LogP) is 6.71. The number of hydrogen-bond donors (Lipinski definition) is 2. The minimum absolute atomic E-state index is 0.164. The van der Waals surface area contributed by atoms with Gasteiger partial charge >= 0.3 is 0 Å². The van der Waals surface area contributed by atoms with Crippen LogP contribution in [-0.4, -0.2) is 42.4 Å². The molecule has 3 N–H and O–H groups in total. The number of quaternary nitrogens is 1. The first-order valence-corrected chi connectivity index (χ1v) is 12.8. The quantitative estimate of drug-likeness (QED) is 0.104. The fraction of sp³-hybridized carbons (Fsp3) is 0.885. The summed E-state index contributed by atoms with van der Waals surface area (Å²) in [6.07, 6.45) is 23.7. The predicted molar refractivity (Wildman–Crippen MR) is 132 cm³/mol. The molecule has 180 valence electrons. The summed E-state index contributed by atoms with van der Waals surface area (Å²) in [5, 5.41) is 9.49. The lowest BCUT2D eigenvalue weighted by Gasteiger charge is -2.33. The lowest BCUT2D eigenvalue weighted by Crippen LogP contribution is -2.48. The number of aliphatic hydroxyl groups is 1. The maximum atomic E-state index is 10.5. The van der Waals surface area contributed by atoms with Crippen LogP contribution in [0.5, 0.6) is 0 Å². The highest BCUT2D eigenvalue weighted by atomic mass is 16.3. The fourth-order valence-electron chi connectivity index (χ4n) is 3.59. The smallest absolute Gasteiger partial charge is 0.217 e. The van der Waals surface area contributed by atoms with Gasteiger partial charge in [-0.3, -0.25) is 4.79 Å². The zero-order chi connectivity index (χ0) is 23.1. The van der Waals surface area contributed by atoms with Gasteiger partial charge in [0.05, 0.1) is 20.6 Å². The van der Waals surface area contributed by atoms with Crippen LogP contribution in [-0.2, 0) is 4.79 Å². The molecule has 0 aliphatic carbocycles. The molecule has 1 amide bonds. The molecule has 0 radical (unpaired) electrons. The van der Waals surface area contributed by atoms with E-state index in [0.29, 0.717) is 6.42 Å². The van der Waals surface area contributed by atoms with Gasteiger partial charge in [-0.25, -0.2) is 0 Å². The molecule has 4 heteroatoms. The van der Waals surface area contributed by atoms with E-state index >= 15 is 0 Å². The number of hydrogen-bond acceptors (Lipinski definition) is 2. The topological polar surface area (TPSA) is 63.3 Å². The Labute approximate surface area is 188 Å². The second kappa shape index (κ2) is 22.8. The highest BCUT2D eigenvalue weighted by Crippen LogP contribution is 2.10. The Morgan fingerprint density at radius 3 is 1.70 bits per heavy atom. The maximum absolute atomic E-state index is 10.5. The number of amides is 1. The molecule has 0 saturated heterocycles. The van der Waals surface area contributed by atoms with E-state index in [9.17, 15) is 9.90 Å². The Morgan fingerprint density at radius 1 is 0.800 bits per heavy atom. The van der Waals surface area contributed by atoms with Gasteiger partial charge in [0.1, 0.15) is 0 Å². The monoisotopic (exact) mass is 427 g/mol. The Kier molecular flexibility index (Phi) is 23.8. The van der Waals surface area contributed by atoms with Gasteiger partial charge < -0.3 is 15.3 Å². The fourth-order valence-corrected chi connectivity index (χ4v) is 3.59. The number of allylic oxidation sites excluding steroid dienone is 2. The van der Waals surface area contributed by atoms with Gasteiger partial charge in [0.15, 0.2) is 6.23 Å². The molecule has 1 atom stereocenters. The third kappa shape index (κ3) is 23.4. The van der Waals surface area contributed by atoms with E-state index < -0.39 is 0 Å². The Balaban J connectivity index is 0. The second-order valence-electron chi connectivity index (χ2n) is 9.19. The zero-order valence-electron chi connectivity index (χ0n) is 21.1. The van der Waals surface area contributed by atoms with Crippen LogP contribution >= 0.6 is 0 Å². The summed E-state index contributed by atoms with van der Waals surface area (Å²) in [7, 11) is 4.13. The van der Waals surface area contributed by atoms with Crippen molar-refractivity contribution in [1.82, 2.24) is 0 Å². The Morgan fingerprint density at radius 2 is 1.27 bits per heavy atom. The summed E-state index contributed by atoms with van der Waals surface area (Å²) in [6.45, 7) is 7.47. The van der Waals surface area contributed by atoms with Crippen LogP contribution in [0.25, 0.3) is 0 Å². The largest absolute Gasteiger partial charge is 0.370 e. The van der Waals surface area contributed by atoms with Gasteiger partial charge in [0, 0.05) is 12.8 Å². The third-order valence-electron chi connectivity index (χ3n) is 5.66. The summed E-state index contributed by atoms with van der Waals surface area (Å²) in [5.74, 6) is -0.164. The van der Waals surface area contributed by atoms with E-state index in [-0.39, 0.29) is 12.1 Å². The van der Waals surface area contributed by atoms with Crippen LogP contribution in [0.1, 0.15) is 124 Å². The summed E-state index contributed by atoms with van der Waals surface area (Å²) >= 11 is 0. The molecule has 0 heterocycles. The van der Waals surface area contributed by atoms with Crippen molar-refractivity contribution in [3.8, 4) is 0 Å². The number of unbranched alkanes of at least 4 members (excludes halogenated alkanes) is 11. The van der Waals surface area contributed by atoms with E-state index in [1.807, 2.05) is 6.92 Å². The van der Waals surface area contributed by atoms with E-state index in [1.54, 1.807) is 0 Å². The standard InChI is InChI=1S/C18H35NO.C8H20NO/c1-2-3-4-5-6-7-8-9-10-11-12-13-14-15-16-17-18(19)20;1-5-7-9(3,4)8(10)6-2/h9-10H,2-8,11-17H2,1H3,(H2,19,20);8,10H,5-7H2,1-4H3/q;+1/b10-9-;. The number of rotatable bonds is 19. The van der Waals surface area contributed by atoms with Gasteiger partial charge in [-0.2, -0.15) is 0 Å². The van der Waals surface area contributed by atoms with Crippen LogP contribution in [0, 0.1) is 0 Å². The van der Waals surface area contributed by atoms with Gasteiger partial charge in [-0.05, 0) is 38.5 Å². The van der Waals surface area contributed by atoms with Crippen molar-refractivity contribution in [1.29, 1.82) is 0 Å². The Bertz CT molecular complexity index is 394. The number of primary amides is 1. The molecule has 30 heavy (non-hydrogen) atoms. The average molecular weight is 428 g/mol. The molecule has 1 unspecified atom stereocenters. The van der Waals surface area contributed by atoms with Crippen molar-refractivity contribution in [3.05, 3.63) is 12.2 Å². The number of nitrogens with two attached hydrogens (primary N) is 1. The lowest BCUT2D eigenvalue weighted by molar-refractivity contribution is -0.936. The lowest BCUT2D eigenvalue weighted by atomic mass is 10.1. The van der Waals surface area contributed by atoms with Gasteiger partial charge in [-0.15, -0.1) is 0 Å². The molecule has 0 fully saturated rings. The maximum Gasteiger partial charge on any atom is 0.217 e. The molecular formula is C26H55N2O2+. The zero-order valence-corrected chi connectivity index (χ0v) is 21.1.